The standard InChI is InChI=1S/C16H12Br2ClNO4/c17-12-7-4-8(13(12)18)11-10(7)14(21)20(15(11)22)5-1-2-9(19)6(3-5)16(23)24/h1-3,7-8,10-13H,4H2,(H,23,24)/t7-,8-,10+,11+,12-,13-/m1/s1. The first-order chi connectivity index (χ1) is 11.3. The summed E-state index contributed by atoms with van der Waals surface area (Å²) in [4.78, 5) is 38.5. The van der Waals surface area contributed by atoms with E-state index >= 15 is 0 Å². The molecule has 1 heterocycles. The van der Waals surface area contributed by atoms with Gasteiger partial charge in [-0.15, -0.1) is 0 Å². The summed E-state index contributed by atoms with van der Waals surface area (Å²) >= 11 is 13.2. The van der Waals surface area contributed by atoms with Crippen LogP contribution in [0.3, 0.4) is 0 Å². The lowest BCUT2D eigenvalue weighted by atomic mass is 9.81. The zero-order valence-electron chi connectivity index (χ0n) is 12.2. The van der Waals surface area contributed by atoms with Gasteiger partial charge in [0.1, 0.15) is 0 Å². The van der Waals surface area contributed by atoms with Crippen LogP contribution in [0.25, 0.3) is 0 Å². The lowest BCUT2D eigenvalue weighted by Gasteiger charge is -2.28. The average molecular weight is 478 g/mol. The van der Waals surface area contributed by atoms with Crippen molar-refractivity contribution < 1.29 is 19.5 Å². The van der Waals surface area contributed by atoms with Crippen molar-refractivity contribution in [2.45, 2.75) is 16.1 Å². The van der Waals surface area contributed by atoms with Crippen molar-refractivity contribution in [1.29, 1.82) is 0 Å². The lowest BCUT2D eigenvalue weighted by Crippen LogP contribution is -2.37. The van der Waals surface area contributed by atoms with Crippen LogP contribution in [0, 0.1) is 23.7 Å². The Morgan fingerprint density at radius 3 is 2.17 bits per heavy atom. The van der Waals surface area contributed by atoms with E-state index in [1.807, 2.05) is 0 Å². The van der Waals surface area contributed by atoms with E-state index in [4.69, 9.17) is 11.6 Å². The highest BCUT2D eigenvalue weighted by molar-refractivity contribution is 9.12. The molecule has 6 atom stereocenters. The Bertz CT molecular complexity index is 753. The minimum atomic E-state index is -1.19. The van der Waals surface area contributed by atoms with Crippen LogP contribution in [-0.2, 0) is 9.59 Å². The second-order valence-corrected chi connectivity index (χ2v) is 9.01. The summed E-state index contributed by atoms with van der Waals surface area (Å²) in [5.41, 5.74) is 0.157. The third-order valence-corrected chi connectivity index (χ3v) is 8.96. The second-order valence-electron chi connectivity index (χ2n) is 6.49. The van der Waals surface area contributed by atoms with Crippen LogP contribution in [0.1, 0.15) is 16.8 Å². The molecule has 1 aromatic carbocycles. The Labute approximate surface area is 159 Å². The zero-order valence-corrected chi connectivity index (χ0v) is 16.1. The number of fused-ring (bicyclic) bond motifs is 5. The van der Waals surface area contributed by atoms with Crippen LogP contribution >= 0.6 is 43.5 Å². The summed E-state index contributed by atoms with van der Waals surface area (Å²) in [5, 5.41) is 9.28. The number of anilines is 1. The summed E-state index contributed by atoms with van der Waals surface area (Å²) in [6, 6.07) is 4.22. The molecule has 0 unspecified atom stereocenters. The lowest BCUT2D eigenvalue weighted by molar-refractivity contribution is -0.123. The summed E-state index contributed by atoms with van der Waals surface area (Å²) in [6.45, 7) is 0. The normalized spacial score (nSPS) is 37.2. The van der Waals surface area contributed by atoms with Crippen molar-refractivity contribution in [2.24, 2.45) is 23.7 Å². The first kappa shape index (κ1) is 16.5. The third kappa shape index (κ3) is 2.07. The number of hydrogen-bond donors (Lipinski definition) is 1. The van der Waals surface area contributed by atoms with Crippen LogP contribution in [0.15, 0.2) is 18.2 Å². The highest BCUT2D eigenvalue weighted by atomic mass is 79.9. The molecular formula is C16H12Br2ClNO4. The number of hydrogen-bond acceptors (Lipinski definition) is 3. The molecule has 3 aliphatic rings. The van der Waals surface area contributed by atoms with Crippen molar-refractivity contribution in [3.63, 3.8) is 0 Å². The number of benzene rings is 1. The Balaban J connectivity index is 1.74. The van der Waals surface area contributed by atoms with Gasteiger partial charge in [-0.25, -0.2) is 4.79 Å². The molecule has 1 aromatic rings. The maximum atomic E-state index is 12.9. The number of carbonyl (C=O) groups excluding carboxylic acids is 2. The predicted molar refractivity (Wildman–Crippen MR) is 94.9 cm³/mol. The molecule has 1 N–H and O–H groups in total. The summed E-state index contributed by atoms with van der Waals surface area (Å²) in [5.74, 6) is -2.08. The van der Waals surface area contributed by atoms with Crippen molar-refractivity contribution in [1.82, 2.24) is 0 Å². The van der Waals surface area contributed by atoms with Crippen molar-refractivity contribution in [3.8, 4) is 0 Å². The molecule has 2 amide bonds. The first-order valence-electron chi connectivity index (χ1n) is 7.51. The predicted octanol–water partition coefficient (Wildman–Crippen LogP) is 3.32. The van der Waals surface area contributed by atoms with Crippen LogP contribution in [0.5, 0.6) is 0 Å². The molecule has 3 fully saturated rings. The zero-order chi connectivity index (χ0) is 17.3. The quantitative estimate of drug-likeness (QED) is 0.524. The van der Waals surface area contributed by atoms with Crippen LogP contribution in [-0.4, -0.2) is 32.5 Å². The van der Waals surface area contributed by atoms with Gasteiger partial charge in [-0.05, 0) is 36.5 Å². The van der Waals surface area contributed by atoms with E-state index in [9.17, 15) is 19.5 Å². The minimum absolute atomic E-state index is 0.0756. The van der Waals surface area contributed by atoms with E-state index in [2.05, 4.69) is 31.9 Å². The maximum absolute atomic E-state index is 12.9. The van der Waals surface area contributed by atoms with Crippen LogP contribution < -0.4 is 4.90 Å². The fourth-order valence-electron chi connectivity index (χ4n) is 4.42. The average Bonchev–Trinajstić information content (AvgIpc) is 3.13. The molecule has 4 rings (SSSR count). The Hall–Kier alpha value is -0.920. The molecule has 24 heavy (non-hydrogen) atoms. The number of halogens is 3. The Morgan fingerprint density at radius 1 is 1.12 bits per heavy atom. The number of carbonyl (C=O) groups is 3. The van der Waals surface area contributed by atoms with Gasteiger partial charge in [0, 0.05) is 9.65 Å². The molecule has 1 saturated heterocycles. The Kier molecular flexibility index (Phi) is 3.82. The molecule has 0 aromatic heterocycles. The summed E-state index contributed by atoms with van der Waals surface area (Å²) in [6.07, 6.45) is 0.855. The van der Waals surface area contributed by atoms with Crippen LogP contribution in [0.2, 0.25) is 5.02 Å². The molecular weight excluding hydrogens is 465 g/mol. The highest BCUT2D eigenvalue weighted by Crippen LogP contribution is 2.60. The maximum Gasteiger partial charge on any atom is 0.337 e. The van der Waals surface area contributed by atoms with Gasteiger partial charge < -0.3 is 5.11 Å². The van der Waals surface area contributed by atoms with E-state index in [0.29, 0.717) is 0 Å². The van der Waals surface area contributed by atoms with E-state index in [0.717, 1.165) is 11.3 Å². The topological polar surface area (TPSA) is 74.7 Å². The largest absolute Gasteiger partial charge is 0.478 e. The fraction of sp³-hybridized carbons (Fsp3) is 0.438. The van der Waals surface area contributed by atoms with Gasteiger partial charge in [-0.2, -0.15) is 0 Å². The molecule has 0 radical (unpaired) electrons. The van der Waals surface area contributed by atoms with Gasteiger partial charge in [-0.3, -0.25) is 14.5 Å². The van der Waals surface area contributed by atoms with Gasteiger partial charge in [0.15, 0.2) is 0 Å². The minimum Gasteiger partial charge on any atom is -0.478 e. The number of rotatable bonds is 2. The number of carboxylic acid groups (broad SMARTS) is 1. The second kappa shape index (κ2) is 5.54. The van der Waals surface area contributed by atoms with E-state index < -0.39 is 5.97 Å². The van der Waals surface area contributed by atoms with Gasteiger partial charge >= 0.3 is 5.97 Å². The number of nitrogens with zero attached hydrogens (tertiary/aromatic N) is 1. The van der Waals surface area contributed by atoms with Gasteiger partial charge in [0.2, 0.25) is 11.8 Å². The van der Waals surface area contributed by atoms with Gasteiger partial charge in [0.25, 0.3) is 0 Å². The summed E-state index contributed by atoms with van der Waals surface area (Å²) < 4.78 is 0. The van der Waals surface area contributed by atoms with E-state index in [1.165, 1.54) is 18.2 Å². The molecule has 8 heteroatoms. The molecule has 2 saturated carbocycles. The van der Waals surface area contributed by atoms with Gasteiger partial charge in [0.05, 0.1) is 28.1 Å². The molecule has 0 spiro atoms. The van der Waals surface area contributed by atoms with Crippen LogP contribution in [0.4, 0.5) is 5.69 Å². The third-order valence-electron chi connectivity index (χ3n) is 5.43. The number of aromatic carboxylic acids is 1. The smallest absolute Gasteiger partial charge is 0.337 e. The highest BCUT2D eigenvalue weighted by Gasteiger charge is 2.66. The molecule has 2 aliphatic carbocycles. The van der Waals surface area contributed by atoms with Crippen molar-refractivity contribution >= 4 is 66.9 Å². The van der Waals surface area contributed by atoms with E-state index in [-0.39, 0.29) is 61.4 Å². The first-order valence-corrected chi connectivity index (χ1v) is 9.72. The van der Waals surface area contributed by atoms with Crippen molar-refractivity contribution in [3.05, 3.63) is 28.8 Å². The molecule has 126 valence electrons. The fourth-order valence-corrected chi connectivity index (χ4v) is 6.49. The van der Waals surface area contributed by atoms with Gasteiger partial charge in [-0.1, -0.05) is 43.5 Å². The SMILES string of the molecule is O=C(O)c1cc(N2C(=O)[C@H]3[C@H]4C[C@@H]([C@@H](Br)[C@@H]4Br)[C@@H]3C2=O)ccc1Cl. The van der Waals surface area contributed by atoms with Crippen molar-refractivity contribution in [2.75, 3.05) is 4.90 Å². The molecule has 5 nitrogen and oxygen atoms in total. The summed E-state index contributed by atoms with van der Waals surface area (Å²) in [7, 11) is 0. The van der Waals surface area contributed by atoms with E-state index in [1.54, 1.807) is 0 Å². The number of alkyl halides is 2. The number of imide groups is 1. The number of amides is 2. The molecule has 1 aliphatic heterocycles. The Morgan fingerprint density at radius 2 is 1.67 bits per heavy atom. The monoisotopic (exact) mass is 475 g/mol. The number of carboxylic acids is 1. The molecule has 2 bridgehead atoms.